The Bertz CT molecular complexity index is 634. The molecule has 0 radical (unpaired) electrons. The minimum absolute atomic E-state index is 0.0243. The van der Waals surface area contributed by atoms with Gasteiger partial charge in [-0.3, -0.25) is 4.79 Å². The zero-order chi connectivity index (χ0) is 26.5. The number of nitrogens with one attached hydrogen (secondary N) is 2. The summed E-state index contributed by atoms with van der Waals surface area (Å²) in [5.41, 5.74) is -0.201. The van der Waals surface area contributed by atoms with Gasteiger partial charge >= 0.3 is 5.97 Å². The Morgan fingerprint density at radius 3 is 1.71 bits per heavy atom. The lowest BCUT2D eigenvalue weighted by molar-refractivity contribution is -1.20. The number of quaternary nitrogens is 2. The Hall–Kier alpha value is -1.97. The molecule has 1 fully saturated rings. The number of carboxylic acid groups (broad SMARTS) is 2. The van der Waals surface area contributed by atoms with E-state index in [4.69, 9.17) is 9.57 Å². The van der Waals surface area contributed by atoms with Gasteiger partial charge in [0.2, 0.25) is 6.23 Å². The van der Waals surface area contributed by atoms with Crippen molar-refractivity contribution in [3.05, 3.63) is 12.2 Å². The Morgan fingerprint density at radius 2 is 1.38 bits per heavy atom. The Labute approximate surface area is 205 Å². The molecule has 1 aliphatic heterocycles. The largest absolute Gasteiger partial charge is 0.545 e. The predicted octanol–water partition coefficient (Wildman–Crippen LogP) is -1.04. The molecule has 1 saturated heterocycles. The summed E-state index contributed by atoms with van der Waals surface area (Å²) in [6.45, 7) is 19.5. The van der Waals surface area contributed by atoms with E-state index in [1.165, 1.54) is 50.8 Å². The maximum Gasteiger partial charge on any atom is 0.302 e. The Kier molecular flexibility index (Phi) is 14.2. The van der Waals surface area contributed by atoms with Crippen LogP contribution in [-0.2, 0) is 24.0 Å². The number of hydroxylamine groups is 2. The molecular weight excluding hydrogens is 440 g/mol. The van der Waals surface area contributed by atoms with Crippen molar-refractivity contribution in [2.75, 3.05) is 13.1 Å². The van der Waals surface area contributed by atoms with Gasteiger partial charge in [0, 0.05) is 26.7 Å². The molecule has 0 aliphatic carbocycles. The van der Waals surface area contributed by atoms with Crippen LogP contribution < -0.4 is 20.2 Å². The van der Waals surface area contributed by atoms with Crippen molar-refractivity contribution in [1.82, 2.24) is 0 Å². The van der Waals surface area contributed by atoms with Crippen molar-refractivity contribution in [3.8, 4) is 0 Å². The van der Waals surface area contributed by atoms with E-state index < -0.39 is 11.9 Å². The summed E-state index contributed by atoms with van der Waals surface area (Å²) >= 11 is 0. The zero-order valence-electron chi connectivity index (χ0n) is 22.3. The van der Waals surface area contributed by atoms with Crippen molar-refractivity contribution in [2.45, 2.75) is 117 Å². The molecule has 1 rings (SSSR count). The quantitative estimate of drug-likeness (QED) is 0.205. The molecule has 2 N–H and O–H groups in total. The van der Waals surface area contributed by atoms with E-state index in [1.807, 2.05) is 0 Å². The predicted molar refractivity (Wildman–Crippen MR) is 124 cm³/mol. The molecule has 34 heavy (non-hydrogen) atoms. The van der Waals surface area contributed by atoms with Gasteiger partial charge in [0.1, 0.15) is 17.2 Å². The normalized spacial score (nSPS) is 22.0. The average molecular weight is 487 g/mol. The molecule has 0 amide bonds. The lowest BCUT2D eigenvalue weighted by Crippen LogP contribution is -3.30. The number of hydrogen-bond acceptors (Lipinski definition) is 7. The summed E-state index contributed by atoms with van der Waals surface area (Å²) in [6.07, 6.45) is 7.49. The molecule has 198 valence electrons. The van der Waals surface area contributed by atoms with Gasteiger partial charge in [-0.25, -0.2) is 0 Å². The number of aliphatic carboxylic acids is 2. The minimum atomic E-state index is -1.55. The fourth-order valence-corrected chi connectivity index (χ4v) is 4.68. The van der Waals surface area contributed by atoms with E-state index in [0.29, 0.717) is 12.2 Å². The third kappa shape index (κ3) is 12.5. The van der Waals surface area contributed by atoms with Crippen molar-refractivity contribution < 1.29 is 44.1 Å². The van der Waals surface area contributed by atoms with Crippen LogP contribution in [-0.4, -0.2) is 54.4 Å². The second-order valence-corrected chi connectivity index (χ2v) is 10.3. The highest BCUT2D eigenvalue weighted by molar-refractivity contribution is 5.87. The van der Waals surface area contributed by atoms with Crippen LogP contribution in [0.4, 0.5) is 0 Å². The second-order valence-electron chi connectivity index (χ2n) is 10.3. The number of hydrogen-bond donors (Lipinski definition) is 2. The molecule has 1 atom stereocenters. The van der Waals surface area contributed by atoms with Gasteiger partial charge in [0.05, 0.1) is 25.0 Å². The van der Waals surface area contributed by atoms with Gasteiger partial charge in [0.15, 0.2) is 0 Å². The zero-order valence-corrected chi connectivity index (χ0v) is 22.3. The molecule has 1 aliphatic rings. The van der Waals surface area contributed by atoms with Crippen molar-refractivity contribution in [1.29, 1.82) is 0 Å². The van der Waals surface area contributed by atoms with Crippen LogP contribution in [0, 0.1) is 0 Å². The molecule has 9 heteroatoms. The monoisotopic (exact) mass is 486 g/mol. The summed E-state index contributed by atoms with van der Waals surface area (Å²) in [6, 6.07) is 0. The molecule has 0 aromatic heterocycles. The highest BCUT2D eigenvalue weighted by atomic mass is 16.7. The molecule has 0 aromatic rings. The van der Waals surface area contributed by atoms with Gasteiger partial charge in [-0.05, 0) is 52.7 Å². The maximum absolute atomic E-state index is 11.4. The number of unbranched alkanes of at least 4 members (excludes halogenated alkanes) is 2. The van der Waals surface area contributed by atoms with Crippen LogP contribution in [0.25, 0.3) is 0 Å². The van der Waals surface area contributed by atoms with E-state index in [1.54, 1.807) is 4.90 Å². The molecule has 9 nitrogen and oxygen atoms in total. The standard InChI is InChI=1S/C21H42N2O3.C4H4O4/c1-9-11-13-22(14-12-10-2)17(3)26-23-20(5,6)15-19(25-18(4)24)16-21(23,7)8;5-3(6)1-2-4(7)8/h17,19H,9-16H2,1-8H3;1-2H,(H,5,6)(H,7,8)/b;2-1-. The smallest absolute Gasteiger partial charge is 0.302 e. The maximum atomic E-state index is 11.4. The van der Waals surface area contributed by atoms with Crippen LogP contribution in [0.2, 0.25) is 0 Å². The van der Waals surface area contributed by atoms with Gasteiger partial charge in [-0.15, -0.1) is 4.84 Å². The van der Waals surface area contributed by atoms with E-state index in [2.05, 4.69) is 48.5 Å². The fourth-order valence-electron chi connectivity index (χ4n) is 4.68. The van der Waals surface area contributed by atoms with Crippen molar-refractivity contribution >= 4 is 17.9 Å². The van der Waals surface area contributed by atoms with Crippen molar-refractivity contribution in [2.24, 2.45) is 0 Å². The third-order valence-electron chi connectivity index (χ3n) is 5.97. The van der Waals surface area contributed by atoms with E-state index in [0.717, 1.165) is 12.8 Å². The second kappa shape index (κ2) is 15.1. The van der Waals surface area contributed by atoms with Gasteiger partial charge in [0.25, 0.3) is 0 Å². The number of rotatable bonds is 12. The van der Waals surface area contributed by atoms with Crippen LogP contribution >= 0.6 is 0 Å². The van der Waals surface area contributed by atoms with Gasteiger partial charge < -0.3 is 29.4 Å². The summed E-state index contributed by atoms with van der Waals surface area (Å²) < 4.78 is 5.56. The molecular formula is C25H46N2O7. The summed E-state index contributed by atoms with van der Waals surface area (Å²) in [4.78, 5) is 38.5. The summed E-state index contributed by atoms with van der Waals surface area (Å²) in [5, 5.41) is 20.0. The molecule has 1 heterocycles. The SMILES string of the molecule is CCCC[NH+](CCCC)C(C)O[NH+]1C(C)(C)CC(OC(C)=O)CC1(C)C.O=C([O-])/C=C\C(=O)[O-]. The van der Waals surface area contributed by atoms with Gasteiger partial charge in [-0.2, -0.15) is 5.06 Å². The Balaban J connectivity index is 0.00000116. The summed E-state index contributed by atoms with van der Waals surface area (Å²) in [7, 11) is 0. The topological polar surface area (TPSA) is 125 Å². The first-order valence-electron chi connectivity index (χ1n) is 12.3. The van der Waals surface area contributed by atoms with Crippen LogP contribution in [0.1, 0.15) is 93.9 Å². The van der Waals surface area contributed by atoms with Crippen molar-refractivity contribution in [3.63, 3.8) is 0 Å². The van der Waals surface area contributed by atoms with Crippen LogP contribution in [0.15, 0.2) is 12.2 Å². The molecule has 0 bridgehead atoms. The number of esters is 1. The third-order valence-corrected chi connectivity index (χ3v) is 5.97. The number of carboxylic acids is 2. The summed E-state index contributed by atoms with van der Waals surface area (Å²) in [5.74, 6) is -3.28. The van der Waals surface area contributed by atoms with E-state index in [9.17, 15) is 24.6 Å². The molecule has 0 aromatic carbocycles. The molecule has 1 unspecified atom stereocenters. The highest BCUT2D eigenvalue weighted by Crippen LogP contribution is 2.26. The minimum Gasteiger partial charge on any atom is -0.545 e. The number of carbonyl (C=O) groups excluding carboxylic acids is 3. The van der Waals surface area contributed by atoms with Gasteiger partial charge in [-0.1, -0.05) is 26.7 Å². The first-order valence-corrected chi connectivity index (χ1v) is 12.3. The van der Waals surface area contributed by atoms with E-state index in [-0.39, 0.29) is 29.4 Å². The van der Waals surface area contributed by atoms with Crippen LogP contribution in [0.5, 0.6) is 0 Å². The fraction of sp³-hybridized carbons (Fsp3) is 0.800. The highest BCUT2D eigenvalue weighted by Gasteiger charge is 2.53. The van der Waals surface area contributed by atoms with Crippen LogP contribution in [0.3, 0.4) is 0 Å². The number of piperidine rings is 1. The first-order chi connectivity index (χ1) is 15.7. The number of ether oxygens (including phenoxy) is 1. The lowest BCUT2D eigenvalue weighted by atomic mass is 9.80. The number of carbonyl (C=O) groups is 3. The molecule has 0 saturated carbocycles. The molecule has 0 spiro atoms. The average Bonchev–Trinajstić information content (AvgIpc) is 2.68. The lowest BCUT2D eigenvalue weighted by Gasteiger charge is -2.49. The van der Waals surface area contributed by atoms with E-state index >= 15 is 0 Å². The Morgan fingerprint density at radius 1 is 0.971 bits per heavy atom. The first kappa shape index (κ1) is 32.0.